The van der Waals surface area contributed by atoms with Gasteiger partial charge in [0.2, 0.25) is 16.0 Å². The number of rotatable bonds is 6. The van der Waals surface area contributed by atoms with Crippen molar-refractivity contribution in [1.29, 1.82) is 0 Å². The smallest absolute Gasteiger partial charge is 0.406 e. The Kier molecular flexibility index (Phi) is 6.24. The van der Waals surface area contributed by atoms with E-state index >= 15 is 0 Å². The van der Waals surface area contributed by atoms with Crippen molar-refractivity contribution in [3.05, 3.63) is 41.7 Å². The Morgan fingerprint density at radius 2 is 1.83 bits per heavy atom. The van der Waals surface area contributed by atoms with Crippen molar-refractivity contribution in [1.82, 2.24) is 14.7 Å². The van der Waals surface area contributed by atoms with Crippen molar-refractivity contribution in [3.63, 3.8) is 0 Å². The fraction of sp³-hybridized carbons (Fsp3) is 0.412. The number of nitrogens with zero attached hydrogens (tertiary/aromatic N) is 3. The van der Waals surface area contributed by atoms with Gasteiger partial charge in [0.05, 0.1) is 30.3 Å². The summed E-state index contributed by atoms with van der Waals surface area (Å²) in [6.07, 6.45) is -4.85. The summed E-state index contributed by atoms with van der Waals surface area (Å²) in [5.74, 6) is -0.00539. The lowest BCUT2D eigenvalue weighted by molar-refractivity contribution is -0.274. The molecule has 0 unspecified atom stereocenters. The monoisotopic (exact) mass is 432 g/mol. The van der Waals surface area contributed by atoms with Crippen LogP contribution in [0.25, 0.3) is 0 Å². The first kappa shape index (κ1) is 21.3. The van der Waals surface area contributed by atoms with Crippen LogP contribution in [0.5, 0.6) is 5.75 Å². The Labute approximate surface area is 165 Å². The van der Waals surface area contributed by atoms with Crippen LogP contribution in [0.4, 0.5) is 19.1 Å². The lowest BCUT2D eigenvalue weighted by atomic mass is 10.3. The van der Waals surface area contributed by atoms with E-state index in [1.165, 1.54) is 0 Å². The van der Waals surface area contributed by atoms with E-state index in [-0.39, 0.29) is 11.4 Å². The third-order valence-corrected chi connectivity index (χ3v) is 5.42. The summed E-state index contributed by atoms with van der Waals surface area (Å²) < 4.78 is 72.9. The molecule has 1 aromatic heterocycles. The molecule has 1 saturated heterocycles. The third-order valence-electron chi connectivity index (χ3n) is 4.00. The molecule has 1 fully saturated rings. The molecule has 12 heteroatoms. The predicted octanol–water partition coefficient (Wildman–Crippen LogP) is 2.00. The van der Waals surface area contributed by atoms with Gasteiger partial charge in [0.15, 0.2) is 0 Å². The normalized spacial score (nSPS) is 15.4. The molecule has 2 heterocycles. The second-order valence-corrected chi connectivity index (χ2v) is 8.01. The summed E-state index contributed by atoms with van der Waals surface area (Å²) in [7, 11) is -3.95. The van der Waals surface area contributed by atoms with Gasteiger partial charge in [-0.1, -0.05) is 0 Å². The van der Waals surface area contributed by atoms with Gasteiger partial charge in [0, 0.05) is 18.8 Å². The van der Waals surface area contributed by atoms with Gasteiger partial charge >= 0.3 is 6.36 Å². The number of alkyl halides is 3. The zero-order valence-electron chi connectivity index (χ0n) is 15.4. The van der Waals surface area contributed by atoms with Gasteiger partial charge in [-0.2, -0.15) is 0 Å². The van der Waals surface area contributed by atoms with E-state index in [9.17, 15) is 21.6 Å². The first-order valence-electron chi connectivity index (χ1n) is 8.65. The average molecular weight is 432 g/mol. The molecule has 0 saturated carbocycles. The topological polar surface area (TPSA) is 93.7 Å². The fourth-order valence-electron chi connectivity index (χ4n) is 2.68. The van der Waals surface area contributed by atoms with Crippen LogP contribution < -0.4 is 14.4 Å². The second-order valence-electron chi connectivity index (χ2n) is 6.24. The molecule has 1 aliphatic heterocycles. The SMILES string of the molecule is Cc1cc(CNS(=O)(=O)c2ccc(OC(F)(F)F)cc2)nc(N2CCOCC2)n1. The zero-order valence-corrected chi connectivity index (χ0v) is 16.3. The minimum absolute atomic E-state index is 0.0934. The summed E-state index contributed by atoms with van der Waals surface area (Å²) in [4.78, 5) is 10.5. The van der Waals surface area contributed by atoms with Crippen LogP contribution in [0.2, 0.25) is 0 Å². The van der Waals surface area contributed by atoms with Crippen molar-refractivity contribution in [2.45, 2.75) is 24.7 Å². The highest BCUT2D eigenvalue weighted by molar-refractivity contribution is 7.89. The highest BCUT2D eigenvalue weighted by atomic mass is 32.2. The molecule has 0 aliphatic carbocycles. The highest BCUT2D eigenvalue weighted by Gasteiger charge is 2.31. The Bertz CT molecular complexity index is 946. The number of aromatic nitrogens is 2. The number of hydrogen-bond donors (Lipinski definition) is 1. The minimum Gasteiger partial charge on any atom is -0.406 e. The van der Waals surface area contributed by atoms with Crippen molar-refractivity contribution in [3.8, 4) is 5.75 Å². The van der Waals surface area contributed by atoms with Gasteiger partial charge in [0.1, 0.15) is 5.75 Å². The van der Waals surface area contributed by atoms with Gasteiger partial charge in [-0.05, 0) is 37.3 Å². The molecular weight excluding hydrogens is 413 g/mol. The van der Waals surface area contributed by atoms with Crippen LogP contribution in [0.3, 0.4) is 0 Å². The van der Waals surface area contributed by atoms with E-state index in [4.69, 9.17) is 4.74 Å². The lowest BCUT2D eigenvalue weighted by Crippen LogP contribution is -2.37. The number of halogens is 3. The summed E-state index contributed by atoms with van der Waals surface area (Å²) >= 11 is 0. The Morgan fingerprint density at radius 1 is 1.17 bits per heavy atom. The van der Waals surface area contributed by atoms with E-state index in [1.807, 2.05) is 4.90 Å². The first-order valence-corrected chi connectivity index (χ1v) is 10.1. The van der Waals surface area contributed by atoms with Crippen molar-refractivity contribution >= 4 is 16.0 Å². The van der Waals surface area contributed by atoms with Gasteiger partial charge in [-0.25, -0.2) is 23.1 Å². The molecule has 1 aliphatic rings. The summed E-state index contributed by atoms with van der Waals surface area (Å²) in [5, 5.41) is 0. The van der Waals surface area contributed by atoms with Crippen LogP contribution in [-0.4, -0.2) is 51.1 Å². The number of anilines is 1. The molecule has 29 heavy (non-hydrogen) atoms. The largest absolute Gasteiger partial charge is 0.573 e. The van der Waals surface area contributed by atoms with E-state index in [1.54, 1.807) is 13.0 Å². The summed E-state index contributed by atoms with van der Waals surface area (Å²) in [6.45, 7) is 4.09. The van der Waals surface area contributed by atoms with Crippen LogP contribution in [0.15, 0.2) is 35.2 Å². The Hall–Kier alpha value is -2.44. The van der Waals surface area contributed by atoms with Crippen LogP contribution in [0.1, 0.15) is 11.4 Å². The minimum atomic E-state index is -4.85. The first-order chi connectivity index (χ1) is 13.6. The zero-order chi connectivity index (χ0) is 21.1. The van der Waals surface area contributed by atoms with E-state index < -0.39 is 22.1 Å². The molecule has 8 nitrogen and oxygen atoms in total. The highest BCUT2D eigenvalue weighted by Crippen LogP contribution is 2.24. The molecule has 0 atom stereocenters. The maximum atomic E-state index is 12.4. The van der Waals surface area contributed by atoms with Gasteiger partial charge < -0.3 is 14.4 Å². The molecule has 1 N–H and O–H groups in total. The van der Waals surface area contributed by atoms with Crippen molar-refractivity contribution in [2.75, 3.05) is 31.2 Å². The molecule has 3 rings (SSSR count). The maximum Gasteiger partial charge on any atom is 0.573 e. The van der Waals surface area contributed by atoms with E-state index in [0.29, 0.717) is 43.6 Å². The predicted molar refractivity (Wildman–Crippen MR) is 97.0 cm³/mol. The molecule has 158 valence electrons. The molecule has 1 aromatic carbocycles. The summed E-state index contributed by atoms with van der Waals surface area (Å²) in [5.41, 5.74) is 1.16. The van der Waals surface area contributed by atoms with Gasteiger partial charge in [-0.3, -0.25) is 0 Å². The molecule has 0 spiro atoms. The van der Waals surface area contributed by atoms with Gasteiger partial charge in [0.25, 0.3) is 0 Å². The second kappa shape index (κ2) is 8.51. The molecule has 2 aromatic rings. The quantitative estimate of drug-likeness (QED) is 0.746. The van der Waals surface area contributed by atoms with E-state index in [0.717, 1.165) is 24.3 Å². The number of ether oxygens (including phenoxy) is 2. The number of benzene rings is 1. The molecule has 0 amide bonds. The average Bonchev–Trinajstić information content (AvgIpc) is 2.66. The van der Waals surface area contributed by atoms with E-state index in [2.05, 4.69) is 19.4 Å². The lowest BCUT2D eigenvalue weighted by Gasteiger charge is -2.27. The number of nitrogens with one attached hydrogen (secondary N) is 1. The standard InChI is InChI=1S/C17H19F3N4O4S/c1-12-10-13(23-16(22-12)24-6-8-27-9-7-24)11-21-29(25,26)15-4-2-14(3-5-15)28-17(18,19)20/h2-5,10,21H,6-9,11H2,1H3. The third kappa shape index (κ3) is 6.02. The van der Waals surface area contributed by atoms with Gasteiger partial charge in [-0.15, -0.1) is 13.2 Å². The summed E-state index contributed by atoms with van der Waals surface area (Å²) in [6, 6.07) is 5.61. The van der Waals surface area contributed by atoms with Crippen LogP contribution in [-0.2, 0) is 21.3 Å². The number of sulfonamides is 1. The molecule has 0 bridgehead atoms. The van der Waals surface area contributed by atoms with Crippen LogP contribution >= 0.6 is 0 Å². The number of hydrogen-bond acceptors (Lipinski definition) is 7. The number of aryl methyl sites for hydroxylation is 1. The molecular formula is C17H19F3N4O4S. The maximum absolute atomic E-state index is 12.4. The van der Waals surface area contributed by atoms with Crippen molar-refractivity contribution in [2.24, 2.45) is 0 Å². The van der Waals surface area contributed by atoms with Crippen molar-refractivity contribution < 1.29 is 31.1 Å². The van der Waals surface area contributed by atoms with Crippen LogP contribution in [0, 0.1) is 6.92 Å². The number of morpholine rings is 1. The Morgan fingerprint density at radius 3 is 2.45 bits per heavy atom. The fourth-order valence-corrected chi connectivity index (χ4v) is 3.68. The molecule has 0 radical (unpaired) electrons. The Balaban J connectivity index is 1.69.